The van der Waals surface area contributed by atoms with Crippen molar-refractivity contribution in [2.45, 2.75) is 44.8 Å². The zero-order chi connectivity index (χ0) is 15.7. The molecule has 0 bridgehead atoms. The molecule has 1 aliphatic rings. The van der Waals surface area contributed by atoms with Crippen LogP contribution in [-0.2, 0) is 11.0 Å². The number of carboxylic acids is 1. The average Bonchev–Trinajstić information content (AvgIpc) is 2.41. The molecule has 2 N–H and O–H groups in total. The standard InChI is InChI=1S/C14H17F3N2O2/c1-13(12(20)21)6-3-2-4-10(13)19-11-8-9(5-7-18-11)14(15,16)17/h5,7-8,10H,2-4,6H2,1H3,(H,18,19)(H,20,21). The predicted octanol–water partition coefficient (Wildman–Crippen LogP) is 3.55. The van der Waals surface area contributed by atoms with Gasteiger partial charge in [0.05, 0.1) is 11.0 Å². The highest BCUT2D eigenvalue weighted by Crippen LogP contribution is 2.38. The summed E-state index contributed by atoms with van der Waals surface area (Å²) in [5, 5.41) is 12.3. The molecule has 1 saturated carbocycles. The van der Waals surface area contributed by atoms with Crippen molar-refractivity contribution in [3.05, 3.63) is 23.9 Å². The molecule has 0 radical (unpaired) electrons. The number of pyridine rings is 1. The van der Waals surface area contributed by atoms with E-state index in [1.807, 2.05) is 0 Å². The first-order valence-corrected chi connectivity index (χ1v) is 6.76. The number of nitrogens with zero attached hydrogens (tertiary/aromatic N) is 1. The van der Waals surface area contributed by atoms with Crippen LogP contribution in [0.3, 0.4) is 0 Å². The molecule has 1 heterocycles. The Bertz CT molecular complexity index is 533. The fraction of sp³-hybridized carbons (Fsp3) is 0.571. The fourth-order valence-electron chi connectivity index (χ4n) is 2.69. The van der Waals surface area contributed by atoms with Gasteiger partial charge in [0.15, 0.2) is 0 Å². The first-order valence-electron chi connectivity index (χ1n) is 6.76. The van der Waals surface area contributed by atoms with Crippen LogP contribution in [0.2, 0.25) is 0 Å². The van der Waals surface area contributed by atoms with E-state index in [9.17, 15) is 23.1 Å². The molecule has 0 aromatic carbocycles. The Labute approximate surface area is 120 Å². The number of carbonyl (C=O) groups is 1. The van der Waals surface area contributed by atoms with Crippen molar-refractivity contribution in [1.82, 2.24) is 4.98 Å². The van der Waals surface area contributed by atoms with Gasteiger partial charge in [0.1, 0.15) is 5.82 Å². The van der Waals surface area contributed by atoms with E-state index in [0.717, 1.165) is 31.2 Å². The van der Waals surface area contributed by atoms with Gasteiger partial charge < -0.3 is 10.4 Å². The van der Waals surface area contributed by atoms with Gasteiger partial charge in [-0.25, -0.2) is 4.98 Å². The van der Waals surface area contributed by atoms with Gasteiger partial charge in [0.25, 0.3) is 0 Å². The lowest BCUT2D eigenvalue weighted by atomic mass is 9.71. The van der Waals surface area contributed by atoms with Crippen LogP contribution in [0.4, 0.5) is 19.0 Å². The normalized spacial score (nSPS) is 26.4. The van der Waals surface area contributed by atoms with Crippen LogP contribution in [0.25, 0.3) is 0 Å². The summed E-state index contributed by atoms with van der Waals surface area (Å²) >= 11 is 0. The van der Waals surface area contributed by atoms with Crippen LogP contribution in [0.15, 0.2) is 18.3 Å². The van der Waals surface area contributed by atoms with Crippen molar-refractivity contribution >= 4 is 11.8 Å². The molecular formula is C14H17F3N2O2. The predicted molar refractivity (Wildman–Crippen MR) is 70.9 cm³/mol. The van der Waals surface area contributed by atoms with Crippen LogP contribution in [0.5, 0.6) is 0 Å². The third-order valence-electron chi connectivity index (χ3n) is 4.11. The molecule has 21 heavy (non-hydrogen) atoms. The minimum absolute atomic E-state index is 0.0594. The lowest BCUT2D eigenvalue weighted by molar-refractivity contribution is -0.150. The Hall–Kier alpha value is -1.79. The molecule has 0 saturated heterocycles. The van der Waals surface area contributed by atoms with E-state index in [-0.39, 0.29) is 5.82 Å². The Morgan fingerprint density at radius 2 is 2.19 bits per heavy atom. The molecule has 0 spiro atoms. The molecule has 2 rings (SSSR count). The third-order valence-corrected chi connectivity index (χ3v) is 4.11. The average molecular weight is 302 g/mol. The molecule has 0 amide bonds. The molecule has 2 atom stereocenters. The van der Waals surface area contributed by atoms with Crippen molar-refractivity contribution in [3.8, 4) is 0 Å². The molecule has 2 unspecified atom stereocenters. The topological polar surface area (TPSA) is 62.2 Å². The first-order chi connectivity index (χ1) is 9.73. The number of aliphatic carboxylic acids is 1. The second-order valence-electron chi connectivity index (χ2n) is 5.59. The highest BCUT2D eigenvalue weighted by atomic mass is 19.4. The maximum atomic E-state index is 12.7. The van der Waals surface area contributed by atoms with E-state index in [1.54, 1.807) is 6.92 Å². The van der Waals surface area contributed by atoms with Gasteiger partial charge in [-0.05, 0) is 31.9 Å². The summed E-state index contributed by atoms with van der Waals surface area (Å²) in [6, 6.07) is 1.37. The largest absolute Gasteiger partial charge is 0.481 e. The van der Waals surface area contributed by atoms with Crippen molar-refractivity contribution in [3.63, 3.8) is 0 Å². The molecule has 0 aliphatic heterocycles. The lowest BCUT2D eigenvalue weighted by Gasteiger charge is -2.38. The second-order valence-corrected chi connectivity index (χ2v) is 5.59. The Morgan fingerprint density at radius 1 is 1.48 bits per heavy atom. The Balaban J connectivity index is 2.22. The second kappa shape index (κ2) is 5.54. The van der Waals surface area contributed by atoms with Crippen LogP contribution in [0.1, 0.15) is 38.2 Å². The number of hydrogen-bond acceptors (Lipinski definition) is 3. The zero-order valence-electron chi connectivity index (χ0n) is 11.6. The third kappa shape index (κ3) is 3.28. The molecule has 1 fully saturated rings. The lowest BCUT2D eigenvalue weighted by Crippen LogP contribution is -2.46. The molecule has 4 nitrogen and oxygen atoms in total. The van der Waals surface area contributed by atoms with E-state index in [4.69, 9.17) is 0 Å². The van der Waals surface area contributed by atoms with Gasteiger partial charge in [0.2, 0.25) is 0 Å². The summed E-state index contributed by atoms with van der Waals surface area (Å²) in [4.78, 5) is 15.3. The molecule has 1 aromatic rings. The molecule has 116 valence electrons. The number of halogens is 3. The van der Waals surface area contributed by atoms with Gasteiger partial charge in [-0.2, -0.15) is 13.2 Å². The summed E-state index contributed by atoms with van der Waals surface area (Å²) in [5.74, 6) is -0.879. The fourth-order valence-corrected chi connectivity index (χ4v) is 2.69. The quantitative estimate of drug-likeness (QED) is 0.896. The van der Waals surface area contributed by atoms with Crippen molar-refractivity contribution in [2.24, 2.45) is 5.41 Å². The van der Waals surface area contributed by atoms with E-state index in [1.165, 1.54) is 0 Å². The minimum atomic E-state index is -4.44. The SMILES string of the molecule is CC1(C(=O)O)CCCCC1Nc1cc(C(F)(F)F)ccn1. The monoisotopic (exact) mass is 302 g/mol. The van der Waals surface area contributed by atoms with Gasteiger partial charge in [-0.15, -0.1) is 0 Å². The van der Waals surface area contributed by atoms with Crippen LogP contribution < -0.4 is 5.32 Å². The first kappa shape index (κ1) is 15.6. The Kier molecular flexibility index (Phi) is 4.11. The summed E-state index contributed by atoms with van der Waals surface area (Å²) in [6.07, 6.45) is -0.621. The van der Waals surface area contributed by atoms with Crippen LogP contribution in [0, 0.1) is 5.41 Å². The molecular weight excluding hydrogens is 285 g/mol. The number of hydrogen-bond donors (Lipinski definition) is 2. The van der Waals surface area contributed by atoms with Crippen molar-refractivity contribution < 1.29 is 23.1 Å². The van der Waals surface area contributed by atoms with Crippen LogP contribution >= 0.6 is 0 Å². The van der Waals surface area contributed by atoms with Crippen LogP contribution in [-0.4, -0.2) is 22.1 Å². The van der Waals surface area contributed by atoms with E-state index in [0.29, 0.717) is 12.8 Å². The number of aromatic nitrogens is 1. The zero-order valence-corrected chi connectivity index (χ0v) is 11.6. The van der Waals surface area contributed by atoms with Gasteiger partial charge in [0, 0.05) is 12.2 Å². The van der Waals surface area contributed by atoms with Crippen molar-refractivity contribution in [1.29, 1.82) is 0 Å². The summed E-state index contributed by atoms with van der Waals surface area (Å²) in [6.45, 7) is 1.62. The van der Waals surface area contributed by atoms with E-state index in [2.05, 4.69) is 10.3 Å². The van der Waals surface area contributed by atoms with E-state index >= 15 is 0 Å². The maximum absolute atomic E-state index is 12.7. The summed E-state index contributed by atoms with van der Waals surface area (Å²) in [7, 11) is 0. The smallest absolute Gasteiger partial charge is 0.416 e. The Morgan fingerprint density at radius 3 is 2.81 bits per heavy atom. The highest BCUT2D eigenvalue weighted by molar-refractivity contribution is 5.76. The summed E-state index contributed by atoms with van der Waals surface area (Å²) < 4.78 is 38.0. The summed E-state index contributed by atoms with van der Waals surface area (Å²) in [5.41, 5.74) is -1.79. The van der Waals surface area contributed by atoms with Gasteiger partial charge in [-0.1, -0.05) is 12.8 Å². The number of nitrogens with one attached hydrogen (secondary N) is 1. The van der Waals surface area contributed by atoms with Crippen molar-refractivity contribution in [2.75, 3.05) is 5.32 Å². The number of carboxylic acid groups (broad SMARTS) is 1. The number of anilines is 1. The molecule has 1 aromatic heterocycles. The number of alkyl halides is 3. The molecule has 1 aliphatic carbocycles. The van der Waals surface area contributed by atoms with Gasteiger partial charge in [-0.3, -0.25) is 4.79 Å². The number of rotatable bonds is 3. The van der Waals surface area contributed by atoms with E-state index < -0.39 is 29.2 Å². The molecule has 7 heteroatoms. The maximum Gasteiger partial charge on any atom is 0.416 e. The van der Waals surface area contributed by atoms with Gasteiger partial charge >= 0.3 is 12.1 Å². The minimum Gasteiger partial charge on any atom is -0.481 e. The highest BCUT2D eigenvalue weighted by Gasteiger charge is 2.43.